The lowest BCUT2D eigenvalue weighted by Gasteiger charge is -2.05. The van der Waals surface area contributed by atoms with E-state index in [9.17, 15) is 9.59 Å². The van der Waals surface area contributed by atoms with Gasteiger partial charge in [0.15, 0.2) is 0 Å². The van der Waals surface area contributed by atoms with Gasteiger partial charge in [0.05, 0.1) is 13.7 Å². The average Bonchev–Trinajstić information content (AvgIpc) is 2.43. The summed E-state index contributed by atoms with van der Waals surface area (Å²) in [5.74, 6) is -0.141. The van der Waals surface area contributed by atoms with Crippen LogP contribution in [0.4, 0.5) is 0 Å². The molecule has 0 aliphatic heterocycles. The van der Waals surface area contributed by atoms with E-state index >= 15 is 0 Å². The Labute approximate surface area is 109 Å². The maximum absolute atomic E-state index is 11.6. The first-order valence-corrected chi connectivity index (χ1v) is 5.93. The summed E-state index contributed by atoms with van der Waals surface area (Å²) in [6.07, 6.45) is 0.744. The van der Waals surface area contributed by atoms with Gasteiger partial charge in [0.1, 0.15) is 5.58 Å². The summed E-state index contributed by atoms with van der Waals surface area (Å²) in [7, 11) is 1.33. The number of methoxy groups -OCH3 is 1. The summed E-state index contributed by atoms with van der Waals surface area (Å²) in [6.45, 7) is 0.262. The van der Waals surface area contributed by atoms with Crippen LogP contribution in [0.5, 0.6) is 5.75 Å². The number of hydrogen-bond donors (Lipinski definition) is 0. The number of para-hydroxylation sites is 1. The predicted molar refractivity (Wildman–Crippen MR) is 69.2 cm³/mol. The molecule has 0 radical (unpaired) electrons. The van der Waals surface area contributed by atoms with E-state index in [-0.39, 0.29) is 24.7 Å². The van der Waals surface area contributed by atoms with E-state index < -0.39 is 5.63 Å². The van der Waals surface area contributed by atoms with Crippen LogP contribution in [0.1, 0.15) is 12.8 Å². The van der Waals surface area contributed by atoms with Crippen LogP contribution in [0.2, 0.25) is 0 Å². The molecule has 1 heterocycles. The highest BCUT2D eigenvalue weighted by atomic mass is 16.5. The Morgan fingerprint density at radius 1 is 1.32 bits per heavy atom. The second kappa shape index (κ2) is 6.04. The van der Waals surface area contributed by atoms with E-state index in [1.165, 1.54) is 7.11 Å². The molecule has 2 rings (SSSR count). The molecule has 100 valence electrons. The second-order valence-electron chi connectivity index (χ2n) is 3.96. The highest BCUT2D eigenvalue weighted by molar-refractivity contribution is 5.77. The molecule has 0 amide bonds. The molecular formula is C14H14O5. The topological polar surface area (TPSA) is 65.7 Å². The summed E-state index contributed by atoms with van der Waals surface area (Å²) >= 11 is 0. The van der Waals surface area contributed by atoms with E-state index in [2.05, 4.69) is 4.74 Å². The van der Waals surface area contributed by atoms with Crippen molar-refractivity contribution in [3.05, 3.63) is 40.8 Å². The zero-order valence-corrected chi connectivity index (χ0v) is 10.5. The normalized spacial score (nSPS) is 10.4. The van der Waals surface area contributed by atoms with Gasteiger partial charge in [-0.15, -0.1) is 0 Å². The fourth-order valence-electron chi connectivity index (χ4n) is 1.64. The summed E-state index contributed by atoms with van der Waals surface area (Å²) < 4.78 is 15.0. The smallest absolute Gasteiger partial charge is 0.379 e. The van der Waals surface area contributed by atoms with Crippen molar-refractivity contribution in [2.24, 2.45) is 0 Å². The van der Waals surface area contributed by atoms with Gasteiger partial charge in [0.25, 0.3) is 0 Å². The Kier molecular flexibility index (Phi) is 4.18. The first kappa shape index (κ1) is 13.1. The molecule has 0 spiro atoms. The molecule has 0 saturated heterocycles. The van der Waals surface area contributed by atoms with Gasteiger partial charge in [-0.05, 0) is 18.6 Å². The molecule has 0 saturated carbocycles. The van der Waals surface area contributed by atoms with E-state index in [1.54, 1.807) is 18.2 Å². The largest absolute Gasteiger partial charge is 0.487 e. The number of benzene rings is 1. The van der Waals surface area contributed by atoms with Crippen molar-refractivity contribution >= 4 is 16.9 Å². The molecule has 0 bridgehead atoms. The monoisotopic (exact) mass is 262 g/mol. The van der Waals surface area contributed by atoms with E-state index in [1.807, 2.05) is 12.1 Å². The first-order valence-electron chi connectivity index (χ1n) is 5.93. The van der Waals surface area contributed by atoms with Crippen molar-refractivity contribution in [2.75, 3.05) is 13.7 Å². The summed E-state index contributed by atoms with van der Waals surface area (Å²) in [4.78, 5) is 22.5. The van der Waals surface area contributed by atoms with Gasteiger partial charge in [-0.3, -0.25) is 4.79 Å². The molecule has 0 fully saturated rings. The highest BCUT2D eigenvalue weighted by Crippen LogP contribution is 2.16. The fraction of sp³-hybridized carbons (Fsp3) is 0.286. The molecule has 0 N–H and O–H groups in total. The third-order valence-electron chi connectivity index (χ3n) is 2.62. The van der Waals surface area contributed by atoms with Crippen molar-refractivity contribution in [2.45, 2.75) is 12.8 Å². The zero-order valence-electron chi connectivity index (χ0n) is 10.5. The van der Waals surface area contributed by atoms with Crippen LogP contribution in [0.3, 0.4) is 0 Å². The van der Waals surface area contributed by atoms with Gasteiger partial charge >= 0.3 is 11.6 Å². The fourth-order valence-corrected chi connectivity index (χ4v) is 1.64. The molecular weight excluding hydrogens is 248 g/mol. The van der Waals surface area contributed by atoms with Gasteiger partial charge in [-0.2, -0.15) is 0 Å². The minimum absolute atomic E-state index is 0.156. The molecule has 1 aromatic heterocycles. The SMILES string of the molecule is COC(=O)CCCOc1cc2ccccc2oc1=O. The maximum Gasteiger partial charge on any atom is 0.379 e. The van der Waals surface area contributed by atoms with Crippen molar-refractivity contribution < 1.29 is 18.7 Å². The third kappa shape index (κ3) is 3.34. The lowest BCUT2D eigenvalue weighted by Crippen LogP contribution is -2.09. The lowest BCUT2D eigenvalue weighted by atomic mass is 10.2. The van der Waals surface area contributed by atoms with Crippen LogP contribution in [0.25, 0.3) is 11.0 Å². The molecule has 1 aromatic carbocycles. The summed E-state index contributed by atoms with van der Waals surface area (Å²) in [5.41, 5.74) is 0.00572. The Hall–Kier alpha value is -2.30. The van der Waals surface area contributed by atoms with E-state index in [4.69, 9.17) is 9.15 Å². The van der Waals surface area contributed by atoms with E-state index in [0.29, 0.717) is 12.0 Å². The number of fused-ring (bicyclic) bond motifs is 1. The van der Waals surface area contributed by atoms with Crippen LogP contribution in [-0.4, -0.2) is 19.7 Å². The molecule has 5 heteroatoms. The number of ether oxygens (including phenoxy) is 2. The average molecular weight is 262 g/mol. The van der Waals surface area contributed by atoms with Crippen molar-refractivity contribution in [3.8, 4) is 5.75 Å². The summed E-state index contributed by atoms with van der Waals surface area (Å²) in [6, 6.07) is 8.84. The number of rotatable bonds is 5. The molecule has 0 atom stereocenters. The first-order chi connectivity index (χ1) is 9.20. The van der Waals surface area contributed by atoms with Crippen LogP contribution >= 0.6 is 0 Å². The standard InChI is InChI=1S/C14H14O5/c1-17-13(15)7-4-8-18-12-9-10-5-2-3-6-11(10)19-14(12)16/h2-3,5-6,9H,4,7-8H2,1H3. The minimum atomic E-state index is -0.517. The minimum Gasteiger partial charge on any atom is -0.487 e. The molecule has 0 aliphatic rings. The second-order valence-corrected chi connectivity index (χ2v) is 3.96. The maximum atomic E-state index is 11.6. The third-order valence-corrected chi connectivity index (χ3v) is 2.62. The van der Waals surface area contributed by atoms with Crippen molar-refractivity contribution in [1.82, 2.24) is 0 Å². The van der Waals surface area contributed by atoms with Crippen molar-refractivity contribution in [3.63, 3.8) is 0 Å². The quantitative estimate of drug-likeness (QED) is 0.469. The van der Waals surface area contributed by atoms with Gasteiger partial charge in [-0.1, -0.05) is 18.2 Å². The van der Waals surface area contributed by atoms with Crippen LogP contribution in [-0.2, 0) is 9.53 Å². The molecule has 2 aromatic rings. The molecule has 19 heavy (non-hydrogen) atoms. The van der Waals surface area contributed by atoms with Crippen LogP contribution < -0.4 is 10.4 Å². The van der Waals surface area contributed by atoms with Crippen LogP contribution in [0, 0.1) is 0 Å². The van der Waals surface area contributed by atoms with Gasteiger partial charge < -0.3 is 13.9 Å². The Morgan fingerprint density at radius 3 is 2.89 bits per heavy atom. The summed E-state index contributed by atoms with van der Waals surface area (Å²) in [5, 5.41) is 0.796. The lowest BCUT2D eigenvalue weighted by molar-refractivity contribution is -0.140. The molecule has 0 unspecified atom stereocenters. The van der Waals surface area contributed by atoms with Crippen molar-refractivity contribution in [1.29, 1.82) is 0 Å². The predicted octanol–water partition coefficient (Wildman–Crippen LogP) is 2.12. The van der Waals surface area contributed by atoms with Gasteiger partial charge in [0, 0.05) is 11.8 Å². The van der Waals surface area contributed by atoms with E-state index in [0.717, 1.165) is 5.39 Å². The number of esters is 1. The molecule has 0 aliphatic carbocycles. The molecule has 5 nitrogen and oxygen atoms in total. The van der Waals surface area contributed by atoms with Gasteiger partial charge in [0.2, 0.25) is 5.75 Å². The van der Waals surface area contributed by atoms with Gasteiger partial charge in [-0.25, -0.2) is 4.79 Å². The van der Waals surface area contributed by atoms with Crippen LogP contribution in [0.15, 0.2) is 39.5 Å². The number of hydrogen-bond acceptors (Lipinski definition) is 5. The Bertz CT molecular complexity index is 629. The number of carbonyl (C=O) groups is 1. The Balaban J connectivity index is 2.02. The Morgan fingerprint density at radius 2 is 2.11 bits per heavy atom. The highest BCUT2D eigenvalue weighted by Gasteiger charge is 2.06. The number of carbonyl (C=O) groups excluding carboxylic acids is 1. The zero-order chi connectivity index (χ0) is 13.7.